The topological polar surface area (TPSA) is 29.5 Å². The maximum atomic E-state index is 13.2. The summed E-state index contributed by atoms with van der Waals surface area (Å²) in [6.07, 6.45) is 2.04. The Hall–Kier alpha value is -2.27. The van der Waals surface area contributed by atoms with Crippen molar-refractivity contribution in [2.24, 2.45) is 0 Å². The maximum absolute atomic E-state index is 13.2. The van der Waals surface area contributed by atoms with Crippen molar-refractivity contribution in [2.45, 2.75) is 32.0 Å². The summed E-state index contributed by atoms with van der Waals surface area (Å²) in [5, 5.41) is 0. The van der Waals surface area contributed by atoms with Crippen LogP contribution in [0.2, 0.25) is 0 Å². The lowest BCUT2D eigenvalue weighted by molar-refractivity contribution is -0.134. The Morgan fingerprint density at radius 2 is 1.88 bits per heavy atom. The van der Waals surface area contributed by atoms with Gasteiger partial charge in [0.1, 0.15) is 0 Å². The van der Waals surface area contributed by atoms with Crippen LogP contribution in [-0.4, -0.2) is 30.0 Å². The molecule has 0 aromatic heterocycles. The van der Waals surface area contributed by atoms with Gasteiger partial charge in [0.15, 0.2) is 11.6 Å². The van der Waals surface area contributed by atoms with Gasteiger partial charge < -0.3 is 9.64 Å². The molecule has 132 valence electrons. The maximum Gasteiger partial charge on any atom is 0.227 e. The number of hydrogen-bond donors (Lipinski definition) is 0. The Morgan fingerprint density at radius 3 is 2.64 bits per heavy atom. The Labute approximate surface area is 146 Å². The van der Waals surface area contributed by atoms with Gasteiger partial charge in [0.2, 0.25) is 5.91 Å². The van der Waals surface area contributed by atoms with E-state index in [2.05, 4.69) is 0 Å². The fourth-order valence-corrected chi connectivity index (χ4v) is 3.03. The van der Waals surface area contributed by atoms with Gasteiger partial charge in [-0.3, -0.25) is 4.79 Å². The van der Waals surface area contributed by atoms with Crippen LogP contribution >= 0.6 is 0 Å². The molecule has 1 fully saturated rings. The number of piperidine rings is 1. The summed E-state index contributed by atoms with van der Waals surface area (Å²) in [5.74, 6) is -1.64. The molecule has 5 heteroatoms. The number of likely N-dealkylation sites (tertiary alicyclic amines) is 1. The molecule has 1 heterocycles. The first-order valence-electron chi connectivity index (χ1n) is 8.49. The number of nitrogens with zero attached hydrogens (tertiary/aromatic N) is 1. The minimum absolute atomic E-state index is 0.0819. The second-order valence-corrected chi connectivity index (χ2v) is 6.33. The van der Waals surface area contributed by atoms with E-state index in [9.17, 15) is 13.6 Å². The summed E-state index contributed by atoms with van der Waals surface area (Å²) < 4.78 is 32.0. The normalized spacial score (nSPS) is 17.5. The monoisotopic (exact) mass is 345 g/mol. The highest BCUT2D eigenvalue weighted by molar-refractivity contribution is 5.78. The second kappa shape index (κ2) is 8.21. The molecule has 0 bridgehead atoms. The molecule has 1 amide bonds. The third-order valence-corrected chi connectivity index (χ3v) is 4.40. The zero-order chi connectivity index (χ0) is 17.6. The van der Waals surface area contributed by atoms with E-state index in [4.69, 9.17) is 4.74 Å². The van der Waals surface area contributed by atoms with Crippen LogP contribution in [0.15, 0.2) is 48.5 Å². The number of rotatable bonds is 5. The van der Waals surface area contributed by atoms with Crippen LogP contribution in [-0.2, 0) is 22.6 Å². The first kappa shape index (κ1) is 17.5. The number of carbonyl (C=O) groups excluding carboxylic acids is 1. The zero-order valence-corrected chi connectivity index (χ0v) is 14.0. The summed E-state index contributed by atoms with van der Waals surface area (Å²) in [7, 11) is 0. The summed E-state index contributed by atoms with van der Waals surface area (Å²) >= 11 is 0. The van der Waals surface area contributed by atoms with Crippen LogP contribution in [0, 0.1) is 11.6 Å². The molecule has 0 aliphatic carbocycles. The van der Waals surface area contributed by atoms with Crippen molar-refractivity contribution in [3.8, 4) is 0 Å². The van der Waals surface area contributed by atoms with Crippen LogP contribution < -0.4 is 0 Å². The van der Waals surface area contributed by atoms with Gasteiger partial charge in [0, 0.05) is 13.1 Å². The van der Waals surface area contributed by atoms with E-state index in [0.29, 0.717) is 18.5 Å². The number of carbonyl (C=O) groups is 1. The first-order valence-corrected chi connectivity index (χ1v) is 8.49. The van der Waals surface area contributed by atoms with E-state index in [1.54, 1.807) is 0 Å². The molecule has 3 rings (SSSR count). The van der Waals surface area contributed by atoms with Gasteiger partial charge in [-0.05, 0) is 36.1 Å². The van der Waals surface area contributed by atoms with Crippen LogP contribution in [0.5, 0.6) is 0 Å². The number of amides is 1. The lowest BCUT2D eigenvalue weighted by Gasteiger charge is -2.33. The van der Waals surface area contributed by atoms with Crippen LogP contribution in [0.25, 0.3) is 0 Å². The molecule has 0 N–H and O–H groups in total. The molecule has 1 unspecified atom stereocenters. The van der Waals surface area contributed by atoms with Crippen molar-refractivity contribution in [3.05, 3.63) is 71.3 Å². The average molecular weight is 345 g/mol. The third-order valence-electron chi connectivity index (χ3n) is 4.40. The Morgan fingerprint density at radius 1 is 1.08 bits per heavy atom. The minimum atomic E-state index is -0.871. The van der Waals surface area contributed by atoms with Gasteiger partial charge in [-0.25, -0.2) is 8.78 Å². The van der Waals surface area contributed by atoms with Crippen LogP contribution in [0.1, 0.15) is 24.0 Å². The minimum Gasteiger partial charge on any atom is -0.372 e. The molecule has 3 nitrogen and oxygen atoms in total. The summed E-state index contributed by atoms with van der Waals surface area (Å²) in [6, 6.07) is 13.4. The molecule has 1 atom stereocenters. The van der Waals surface area contributed by atoms with Crippen molar-refractivity contribution in [1.29, 1.82) is 0 Å². The summed E-state index contributed by atoms with van der Waals surface area (Å²) in [5.41, 5.74) is 1.59. The van der Waals surface area contributed by atoms with Gasteiger partial charge in [0.25, 0.3) is 0 Å². The summed E-state index contributed by atoms with van der Waals surface area (Å²) in [6.45, 7) is 1.48. The van der Waals surface area contributed by atoms with Gasteiger partial charge >= 0.3 is 0 Å². The zero-order valence-electron chi connectivity index (χ0n) is 14.0. The smallest absolute Gasteiger partial charge is 0.227 e. The number of hydrogen-bond acceptors (Lipinski definition) is 2. The van der Waals surface area contributed by atoms with Crippen molar-refractivity contribution < 1.29 is 18.3 Å². The molecular weight excluding hydrogens is 324 g/mol. The van der Waals surface area contributed by atoms with E-state index in [0.717, 1.165) is 37.1 Å². The molecule has 1 aliphatic rings. The molecule has 2 aromatic rings. The van der Waals surface area contributed by atoms with Crippen molar-refractivity contribution >= 4 is 5.91 Å². The quantitative estimate of drug-likeness (QED) is 0.827. The van der Waals surface area contributed by atoms with Gasteiger partial charge in [-0.15, -0.1) is 0 Å². The van der Waals surface area contributed by atoms with Gasteiger partial charge in [-0.1, -0.05) is 36.4 Å². The molecular formula is C20H21F2NO2. The third kappa shape index (κ3) is 4.86. The number of ether oxygens (including phenoxy) is 1. The van der Waals surface area contributed by atoms with E-state index < -0.39 is 11.6 Å². The van der Waals surface area contributed by atoms with Crippen molar-refractivity contribution in [2.75, 3.05) is 13.1 Å². The predicted octanol–water partition coefficient (Wildman–Crippen LogP) is 3.72. The van der Waals surface area contributed by atoms with E-state index in [1.165, 1.54) is 6.07 Å². The predicted molar refractivity (Wildman–Crippen MR) is 90.9 cm³/mol. The van der Waals surface area contributed by atoms with Crippen molar-refractivity contribution in [1.82, 2.24) is 4.90 Å². The molecule has 1 aliphatic heterocycles. The Kier molecular flexibility index (Phi) is 5.76. The highest BCUT2D eigenvalue weighted by Gasteiger charge is 2.24. The molecule has 1 saturated heterocycles. The second-order valence-electron chi connectivity index (χ2n) is 6.33. The largest absolute Gasteiger partial charge is 0.372 e. The number of halogens is 2. The first-order chi connectivity index (χ1) is 12.1. The SMILES string of the molecule is O=C(Cc1ccccc1)N1CCCC(OCc2ccc(F)c(F)c2)C1. The molecule has 0 saturated carbocycles. The summed E-state index contributed by atoms with van der Waals surface area (Å²) in [4.78, 5) is 14.3. The average Bonchev–Trinajstić information content (AvgIpc) is 2.64. The lowest BCUT2D eigenvalue weighted by atomic mass is 10.1. The van der Waals surface area contributed by atoms with E-state index >= 15 is 0 Å². The fourth-order valence-electron chi connectivity index (χ4n) is 3.03. The lowest BCUT2D eigenvalue weighted by Crippen LogP contribution is -2.43. The van der Waals surface area contributed by atoms with Gasteiger partial charge in [0.05, 0.1) is 19.1 Å². The highest BCUT2D eigenvalue weighted by atomic mass is 19.2. The number of benzene rings is 2. The van der Waals surface area contributed by atoms with Crippen LogP contribution in [0.3, 0.4) is 0 Å². The van der Waals surface area contributed by atoms with Crippen molar-refractivity contribution in [3.63, 3.8) is 0 Å². The Balaban J connectivity index is 1.52. The van der Waals surface area contributed by atoms with E-state index in [-0.39, 0.29) is 18.6 Å². The molecule has 2 aromatic carbocycles. The van der Waals surface area contributed by atoms with E-state index in [1.807, 2.05) is 35.2 Å². The fraction of sp³-hybridized carbons (Fsp3) is 0.350. The van der Waals surface area contributed by atoms with Crippen LogP contribution in [0.4, 0.5) is 8.78 Å². The molecule has 0 spiro atoms. The highest BCUT2D eigenvalue weighted by Crippen LogP contribution is 2.17. The molecule has 0 radical (unpaired) electrons. The Bertz CT molecular complexity index is 721. The standard InChI is InChI=1S/C20H21F2NO2/c21-18-9-8-16(11-19(18)22)14-25-17-7-4-10-23(13-17)20(24)12-15-5-2-1-3-6-15/h1-3,5-6,8-9,11,17H,4,7,10,12-14H2. The van der Waals surface area contributed by atoms with Gasteiger partial charge in [-0.2, -0.15) is 0 Å². The molecule has 25 heavy (non-hydrogen) atoms.